The molecular weight excluding hydrogens is 296 g/mol. The predicted octanol–water partition coefficient (Wildman–Crippen LogP) is 3.75. The van der Waals surface area contributed by atoms with Gasteiger partial charge in [0.2, 0.25) is 5.78 Å². The molecule has 0 unspecified atom stereocenters. The predicted molar refractivity (Wildman–Crippen MR) is 77.8 cm³/mol. The van der Waals surface area contributed by atoms with Gasteiger partial charge in [-0.1, -0.05) is 29.8 Å². The number of benzene rings is 1. The molecule has 20 heavy (non-hydrogen) atoms. The molecule has 3 nitrogen and oxygen atoms in total. The monoisotopic (exact) mass is 306 g/mol. The van der Waals surface area contributed by atoms with Gasteiger partial charge >= 0.3 is 5.97 Å². The van der Waals surface area contributed by atoms with Gasteiger partial charge in [0.15, 0.2) is 0 Å². The smallest absolute Gasteiger partial charge is 0.314 e. The summed E-state index contributed by atoms with van der Waals surface area (Å²) in [5.41, 5.74) is 0.0243. The molecule has 0 aliphatic heterocycles. The molecule has 1 aromatic carbocycles. The molecule has 1 aliphatic carbocycles. The number of hydrogen-bond donors (Lipinski definition) is 1. The lowest BCUT2D eigenvalue weighted by molar-refractivity contribution is -0.140. The molecule has 1 heterocycles. The molecule has 0 spiro atoms. The Hall–Kier alpha value is -1.65. The van der Waals surface area contributed by atoms with E-state index < -0.39 is 11.4 Å². The fourth-order valence-electron chi connectivity index (χ4n) is 2.34. The highest BCUT2D eigenvalue weighted by molar-refractivity contribution is 7.12. The third kappa shape index (κ3) is 1.96. The maximum Gasteiger partial charge on any atom is 0.314 e. The summed E-state index contributed by atoms with van der Waals surface area (Å²) >= 11 is 7.65. The fraction of sp³-hybridized carbons (Fsp3) is 0.200. The molecule has 1 N–H and O–H groups in total. The molecule has 1 aromatic heterocycles. The van der Waals surface area contributed by atoms with Crippen LogP contribution in [0.4, 0.5) is 0 Å². The van der Waals surface area contributed by atoms with Crippen LogP contribution in [-0.4, -0.2) is 16.9 Å². The number of rotatable bonds is 4. The summed E-state index contributed by atoms with van der Waals surface area (Å²) in [6, 6.07) is 8.58. The van der Waals surface area contributed by atoms with Crippen molar-refractivity contribution < 1.29 is 14.7 Å². The highest BCUT2D eigenvalue weighted by Gasteiger charge is 2.53. The van der Waals surface area contributed by atoms with Gasteiger partial charge in [-0.3, -0.25) is 9.59 Å². The summed E-state index contributed by atoms with van der Waals surface area (Å²) in [7, 11) is 0. The number of carboxylic acids is 1. The molecule has 0 saturated heterocycles. The SMILES string of the molecule is O=C(c1cccs1)c1cccc(C2(C(=O)O)CC2)c1Cl. The van der Waals surface area contributed by atoms with Crippen molar-refractivity contribution in [1.82, 2.24) is 0 Å². The van der Waals surface area contributed by atoms with E-state index in [4.69, 9.17) is 11.6 Å². The van der Waals surface area contributed by atoms with Crippen molar-refractivity contribution in [3.8, 4) is 0 Å². The van der Waals surface area contributed by atoms with Crippen LogP contribution >= 0.6 is 22.9 Å². The number of carbonyl (C=O) groups excluding carboxylic acids is 1. The summed E-state index contributed by atoms with van der Waals surface area (Å²) in [6.45, 7) is 0. The lowest BCUT2D eigenvalue weighted by Gasteiger charge is -2.14. The fourth-order valence-corrected chi connectivity index (χ4v) is 3.41. The summed E-state index contributed by atoms with van der Waals surface area (Å²) < 4.78 is 0. The highest BCUT2D eigenvalue weighted by atomic mass is 35.5. The molecule has 1 aliphatic rings. The third-order valence-corrected chi connectivity index (χ3v) is 4.94. The van der Waals surface area contributed by atoms with Crippen LogP contribution in [0.15, 0.2) is 35.7 Å². The molecule has 0 radical (unpaired) electrons. The summed E-state index contributed by atoms with van der Waals surface area (Å²) in [5, 5.41) is 11.4. The van der Waals surface area contributed by atoms with Crippen molar-refractivity contribution >= 4 is 34.7 Å². The van der Waals surface area contributed by atoms with Crippen LogP contribution in [0.2, 0.25) is 5.02 Å². The number of carboxylic acid groups (broad SMARTS) is 1. The number of aliphatic carboxylic acids is 1. The molecule has 0 atom stereocenters. The second-order valence-electron chi connectivity index (χ2n) is 4.86. The van der Waals surface area contributed by atoms with Crippen LogP contribution in [0.5, 0.6) is 0 Å². The lowest BCUT2D eigenvalue weighted by Crippen LogP contribution is -2.20. The van der Waals surface area contributed by atoms with Crippen molar-refractivity contribution in [1.29, 1.82) is 0 Å². The Kier molecular flexibility index (Phi) is 3.15. The zero-order chi connectivity index (χ0) is 14.3. The van der Waals surface area contributed by atoms with E-state index in [9.17, 15) is 14.7 Å². The Balaban J connectivity index is 2.07. The molecule has 0 bridgehead atoms. The molecular formula is C15H11ClO3S. The Morgan fingerprint density at radius 2 is 1.95 bits per heavy atom. The molecule has 1 fully saturated rings. The lowest BCUT2D eigenvalue weighted by atomic mass is 9.93. The van der Waals surface area contributed by atoms with E-state index in [2.05, 4.69) is 0 Å². The zero-order valence-electron chi connectivity index (χ0n) is 10.4. The van der Waals surface area contributed by atoms with Gasteiger partial charge in [-0.15, -0.1) is 11.3 Å². The van der Waals surface area contributed by atoms with Gasteiger partial charge in [-0.25, -0.2) is 0 Å². The van der Waals surface area contributed by atoms with E-state index in [-0.39, 0.29) is 10.8 Å². The number of thiophene rings is 1. The quantitative estimate of drug-likeness (QED) is 0.875. The largest absolute Gasteiger partial charge is 0.481 e. The Bertz CT molecular complexity index is 687. The van der Waals surface area contributed by atoms with Gasteiger partial charge in [0.25, 0.3) is 0 Å². The molecule has 0 amide bonds. The summed E-state index contributed by atoms with van der Waals surface area (Å²) in [6.07, 6.45) is 1.14. The van der Waals surface area contributed by atoms with Crippen molar-refractivity contribution in [2.24, 2.45) is 0 Å². The second kappa shape index (κ2) is 4.72. The van der Waals surface area contributed by atoms with Crippen molar-refractivity contribution in [2.45, 2.75) is 18.3 Å². The topological polar surface area (TPSA) is 54.4 Å². The molecule has 2 aromatic rings. The van der Waals surface area contributed by atoms with Crippen molar-refractivity contribution in [2.75, 3.05) is 0 Å². The van der Waals surface area contributed by atoms with Crippen LogP contribution in [0.25, 0.3) is 0 Å². The minimum Gasteiger partial charge on any atom is -0.481 e. The molecule has 1 saturated carbocycles. The average Bonchev–Trinajstić information content (AvgIpc) is 3.06. The van der Waals surface area contributed by atoms with Gasteiger partial charge in [0.05, 0.1) is 15.3 Å². The first-order chi connectivity index (χ1) is 9.56. The number of halogens is 1. The van der Waals surface area contributed by atoms with Crippen molar-refractivity contribution in [3.63, 3.8) is 0 Å². The summed E-state index contributed by atoms with van der Waals surface area (Å²) in [5.74, 6) is -1.03. The van der Waals surface area contributed by atoms with Gasteiger partial charge < -0.3 is 5.11 Å². The Morgan fingerprint density at radius 1 is 1.20 bits per heavy atom. The van der Waals surface area contributed by atoms with Crippen LogP contribution in [0, 0.1) is 0 Å². The number of carbonyl (C=O) groups is 2. The second-order valence-corrected chi connectivity index (χ2v) is 6.19. The normalized spacial score (nSPS) is 15.8. The van der Waals surface area contributed by atoms with E-state index >= 15 is 0 Å². The Morgan fingerprint density at radius 3 is 2.50 bits per heavy atom. The van der Waals surface area contributed by atoms with E-state index in [1.54, 1.807) is 30.3 Å². The molecule has 102 valence electrons. The van der Waals surface area contributed by atoms with E-state index in [1.165, 1.54) is 11.3 Å². The molecule has 3 rings (SSSR count). The first kappa shape index (κ1) is 13.3. The number of hydrogen-bond acceptors (Lipinski definition) is 3. The summed E-state index contributed by atoms with van der Waals surface area (Å²) in [4.78, 5) is 24.4. The van der Waals surface area contributed by atoms with Crippen LogP contribution in [0.1, 0.15) is 33.6 Å². The first-order valence-corrected chi connectivity index (χ1v) is 7.42. The average molecular weight is 307 g/mol. The van der Waals surface area contributed by atoms with Gasteiger partial charge in [0.1, 0.15) is 0 Å². The van der Waals surface area contributed by atoms with E-state index in [1.807, 2.05) is 5.38 Å². The van der Waals surface area contributed by atoms with E-state index in [0.29, 0.717) is 28.8 Å². The highest BCUT2D eigenvalue weighted by Crippen LogP contribution is 2.51. The van der Waals surface area contributed by atoms with Gasteiger partial charge in [0, 0.05) is 5.56 Å². The van der Waals surface area contributed by atoms with Crippen molar-refractivity contribution in [3.05, 3.63) is 56.7 Å². The first-order valence-electron chi connectivity index (χ1n) is 6.17. The standard InChI is InChI=1S/C15H11ClO3S/c16-12-9(13(17)11-5-2-8-20-11)3-1-4-10(12)15(6-7-15)14(18)19/h1-5,8H,6-7H2,(H,18,19). The Labute approximate surface area is 124 Å². The minimum absolute atomic E-state index is 0.159. The zero-order valence-corrected chi connectivity index (χ0v) is 12.0. The minimum atomic E-state index is -0.900. The van der Waals surface area contributed by atoms with Crippen LogP contribution in [-0.2, 0) is 10.2 Å². The number of ketones is 1. The van der Waals surface area contributed by atoms with Gasteiger partial charge in [-0.2, -0.15) is 0 Å². The van der Waals surface area contributed by atoms with Crippen LogP contribution in [0.3, 0.4) is 0 Å². The molecule has 5 heteroatoms. The maximum atomic E-state index is 12.4. The third-order valence-electron chi connectivity index (χ3n) is 3.66. The van der Waals surface area contributed by atoms with Gasteiger partial charge in [-0.05, 0) is 35.9 Å². The maximum absolute atomic E-state index is 12.4. The van der Waals surface area contributed by atoms with Crippen LogP contribution < -0.4 is 0 Å². The van der Waals surface area contributed by atoms with E-state index in [0.717, 1.165) is 0 Å².